The van der Waals surface area contributed by atoms with Crippen molar-refractivity contribution in [1.29, 1.82) is 0 Å². The molecule has 0 saturated carbocycles. The molecule has 0 saturated heterocycles. The van der Waals surface area contributed by atoms with Crippen LogP contribution in [0, 0.1) is 11.8 Å². The van der Waals surface area contributed by atoms with Crippen LogP contribution in [0.4, 0.5) is 0 Å². The van der Waals surface area contributed by atoms with Gasteiger partial charge in [-0.05, 0) is 41.2 Å². The van der Waals surface area contributed by atoms with E-state index in [0.29, 0.717) is 11.8 Å². The molecule has 1 rings (SSSR count). The lowest BCUT2D eigenvalue weighted by atomic mass is 9.82. The van der Waals surface area contributed by atoms with E-state index in [2.05, 4.69) is 71.5 Å². The van der Waals surface area contributed by atoms with Crippen LogP contribution >= 0.6 is 12.6 Å². The summed E-state index contributed by atoms with van der Waals surface area (Å²) in [6.45, 7) is 12.0. The van der Waals surface area contributed by atoms with Gasteiger partial charge in [0.1, 0.15) is 5.75 Å². The molecule has 1 unspecified atom stereocenters. The van der Waals surface area contributed by atoms with Crippen LogP contribution in [0.1, 0.15) is 46.6 Å². The SMILES string of the molecule is CCC(C)(C)c1ccc(OCC(CS)C(C)C)cc1. The van der Waals surface area contributed by atoms with Gasteiger partial charge in [0, 0.05) is 5.92 Å². The highest BCUT2D eigenvalue weighted by molar-refractivity contribution is 7.80. The van der Waals surface area contributed by atoms with E-state index in [1.807, 2.05) is 0 Å². The quantitative estimate of drug-likeness (QED) is 0.695. The largest absolute Gasteiger partial charge is 0.493 e. The Kier molecular flexibility index (Phi) is 6.25. The molecule has 108 valence electrons. The minimum absolute atomic E-state index is 0.240. The van der Waals surface area contributed by atoms with Crippen molar-refractivity contribution < 1.29 is 4.74 Å². The molecule has 0 heterocycles. The first-order valence-corrected chi connectivity index (χ1v) is 7.88. The summed E-state index contributed by atoms with van der Waals surface area (Å²) < 4.78 is 5.87. The highest BCUT2D eigenvalue weighted by atomic mass is 32.1. The Balaban J connectivity index is 2.62. The van der Waals surface area contributed by atoms with Gasteiger partial charge >= 0.3 is 0 Å². The van der Waals surface area contributed by atoms with Crippen LogP contribution in [0.5, 0.6) is 5.75 Å². The number of hydrogen-bond acceptors (Lipinski definition) is 2. The van der Waals surface area contributed by atoms with Gasteiger partial charge in [-0.25, -0.2) is 0 Å². The molecule has 1 atom stereocenters. The molecule has 1 nitrogen and oxygen atoms in total. The Bertz CT molecular complexity index is 367. The average Bonchev–Trinajstić information content (AvgIpc) is 2.39. The van der Waals surface area contributed by atoms with Crippen molar-refractivity contribution in [3.8, 4) is 5.75 Å². The lowest BCUT2D eigenvalue weighted by Gasteiger charge is -2.24. The van der Waals surface area contributed by atoms with Crippen molar-refractivity contribution in [3.63, 3.8) is 0 Å². The molecule has 0 aliphatic carbocycles. The molecule has 0 bridgehead atoms. The van der Waals surface area contributed by atoms with E-state index in [0.717, 1.165) is 24.5 Å². The molecular formula is C17H28OS. The predicted octanol–water partition coefficient (Wildman–Crippen LogP) is 4.96. The normalized spacial score (nSPS) is 13.6. The van der Waals surface area contributed by atoms with Crippen molar-refractivity contribution in [3.05, 3.63) is 29.8 Å². The van der Waals surface area contributed by atoms with Crippen molar-refractivity contribution in [2.24, 2.45) is 11.8 Å². The topological polar surface area (TPSA) is 9.23 Å². The molecule has 0 spiro atoms. The second-order valence-electron chi connectivity index (χ2n) is 6.26. The second-order valence-corrected chi connectivity index (χ2v) is 6.62. The van der Waals surface area contributed by atoms with Crippen molar-refractivity contribution >= 4 is 12.6 Å². The van der Waals surface area contributed by atoms with Gasteiger partial charge in [0.15, 0.2) is 0 Å². The van der Waals surface area contributed by atoms with Gasteiger partial charge in [0.2, 0.25) is 0 Å². The molecule has 0 aliphatic rings. The first kappa shape index (κ1) is 16.4. The number of hydrogen-bond donors (Lipinski definition) is 1. The summed E-state index contributed by atoms with van der Waals surface area (Å²) in [5.74, 6) is 2.95. The third-order valence-electron chi connectivity index (χ3n) is 4.16. The van der Waals surface area contributed by atoms with E-state index in [4.69, 9.17) is 4.74 Å². The number of rotatable bonds is 7. The monoisotopic (exact) mass is 280 g/mol. The van der Waals surface area contributed by atoms with Crippen LogP contribution < -0.4 is 4.74 Å². The molecule has 0 fully saturated rings. The number of benzene rings is 1. The van der Waals surface area contributed by atoms with Crippen LogP contribution in [-0.2, 0) is 5.41 Å². The molecule has 2 heteroatoms. The Morgan fingerprint density at radius 2 is 1.74 bits per heavy atom. The van der Waals surface area contributed by atoms with Gasteiger partial charge in [-0.2, -0.15) is 12.6 Å². The minimum Gasteiger partial charge on any atom is -0.493 e. The molecule has 0 aromatic heterocycles. The molecule has 1 aromatic carbocycles. The van der Waals surface area contributed by atoms with E-state index in [9.17, 15) is 0 Å². The minimum atomic E-state index is 0.240. The molecule has 0 radical (unpaired) electrons. The summed E-state index contributed by atoms with van der Waals surface area (Å²) in [7, 11) is 0. The summed E-state index contributed by atoms with van der Waals surface area (Å²) >= 11 is 4.39. The maximum Gasteiger partial charge on any atom is 0.119 e. The number of ether oxygens (including phenoxy) is 1. The lowest BCUT2D eigenvalue weighted by Crippen LogP contribution is -2.19. The summed E-state index contributed by atoms with van der Waals surface area (Å²) in [4.78, 5) is 0. The van der Waals surface area contributed by atoms with E-state index >= 15 is 0 Å². The summed E-state index contributed by atoms with van der Waals surface area (Å²) in [6.07, 6.45) is 1.14. The Morgan fingerprint density at radius 3 is 2.16 bits per heavy atom. The summed E-state index contributed by atoms with van der Waals surface area (Å²) in [5, 5.41) is 0. The first-order chi connectivity index (χ1) is 8.90. The smallest absolute Gasteiger partial charge is 0.119 e. The molecule has 0 N–H and O–H groups in total. The highest BCUT2D eigenvalue weighted by Crippen LogP contribution is 2.28. The third kappa shape index (κ3) is 4.76. The average molecular weight is 280 g/mol. The van der Waals surface area contributed by atoms with Gasteiger partial charge in [-0.15, -0.1) is 0 Å². The van der Waals surface area contributed by atoms with Crippen molar-refractivity contribution in [2.45, 2.75) is 46.5 Å². The van der Waals surface area contributed by atoms with Crippen molar-refractivity contribution in [1.82, 2.24) is 0 Å². The molecule has 1 aromatic rings. The second kappa shape index (κ2) is 7.23. The Labute approximate surface area is 124 Å². The van der Waals surface area contributed by atoms with Gasteiger partial charge in [0.25, 0.3) is 0 Å². The highest BCUT2D eigenvalue weighted by Gasteiger charge is 2.18. The van der Waals surface area contributed by atoms with Gasteiger partial charge in [0.05, 0.1) is 6.61 Å². The fraction of sp³-hybridized carbons (Fsp3) is 0.647. The maximum atomic E-state index is 5.87. The standard InChI is InChI=1S/C17H28OS/c1-6-17(4,5)15-7-9-16(10-8-15)18-11-14(12-19)13(2)3/h7-10,13-14,19H,6,11-12H2,1-5H3. The van der Waals surface area contributed by atoms with Crippen LogP contribution in [-0.4, -0.2) is 12.4 Å². The van der Waals surface area contributed by atoms with E-state index in [1.54, 1.807) is 0 Å². The fourth-order valence-electron chi connectivity index (χ4n) is 1.87. The molecule has 0 aliphatic heterocycles. The fourth-order valence-corrected chi connectivity index (χ4v) is 2.39. The Morgan fingerprint density at radius 1 is 1.16 bits per heavy atom. The summed E-state index contributed by atoms with van der Waals surface area (Å²) in [6, 6.07) is 8.54. The molecule has 0 amide bonds. The number of thiol groups is 1. The van der Waals surface area contributed by atoms with Crippen LogP contribution in [0.2, 0.25) is 0 Å². The van der Waals surface area contributed by atoms with Gasteiger partial charge < -0.3 is 4.74 Å². The maximum absolute atomic E-state index is 5.87. The zero-order chi connectivity index (χ0) is 14.5. The lowest BCUT2D eigenvalue weighted by molar-refractivity contribution is 0.227. The zero-order valence-corrected chi connectivity index (χ0v) is 13.8. The Hall–Kier alpha value is -0.630. The predicted molar refractivity (Wildman–Crippen MR) is 87.4 cm³/mol. The summed E-state index contributed by atoms with van der Waals surface area (Å²) in [5.41, 5.74) is 1.61. The first-order valence-electron chi connectivity index (χ1n) is 7.25. The van der Waals surface area contributed by atoms with E-state index in [1.165, 1.54) is 5.56 Å². The molecule has 19 heavy (non-hydrogen) atoms. The van der Waals surface area contributed by atoms with Crippen molar-refractivity contribution in [2.75, 3.05) is 12.4 Å². The van der Waals surface area contributed by atoms with E-state index < -0.39 is 0 Å². The van der Waals surface area contributed by atoms with Crippen LogP contribution in [0.15, 0.2) is 24.3 Å². The van der Waals surface area contributed by atoms with Crippen LogP contribution in [0.25, 0.3) is 0 Å². The zero-order valence-electron chi connectivity index (χ0n) is 12.9. The van der Waals surface area contributed by atoms with Crippen LogP contribution in [0.3, 0.4) is 0 Å². The van der Waals surface area contributed by atoms with Gasteiger partial charge in [-0.1, -0.05) is 46.8 Å². The molecular weight excluding hydrogens is 252 g/mol. The van der Waals surface area contributed by atoms with Gasteiger partial charge in [-0.3, -0.25) is 0 Å². The van der Waals surface area contributed by atoms with E-state index in [-0.39, 0.29) is 5.41 Å². The third-order valence-corrected chi connectivity index (χ3v) is 4.63.